The Balaban J connectivity index is 1.04. The number of hydrogen-bond donors (Lipinski definition) is 0. The van der Waals surface area contributed by atoms with E-state index in [0.717, 1.165) is 49.8 Å². The van der Waals surface area contributed by atoms with Gasteiger partial charge in [0.05, 0.1) is 11.4 Å². The minimum absolute atomic E-state index is 0.129. The predicted molar refractivity (Wildman–Crippen MR) is 249 cm³/mol. The highest BCUT2D eigenvalue weighted by molar-refractivity contribution is 6.16. The van der Waals surface area contributed by atoms with Crippen molar-refractivity contribution in [2.24, 2.45) is 0 Å². The van der Waals surface area contributed by atoms with Crippen LogP contribution in [0.3, 0.4) is 0 Å². The Hall–Kier alpha value is -7.42. The van der Waals surface area contributed by atoms with E-state index < -0.39 is 0 Å². The molecule has 11 aromatic rings. The lowest BCUT2D eigenvalue weighted by molar-refractivity contribution is 0.660. The molecule has 0 amide bonds. The zero-order chi connectivity index (χ0) is 39.2. The van der Waals surface area contributed by atoms with Crippen LogP contribution in [0.4, 0.5) is 17.1 Å². The molecular weight excluding hydrogens is 715 g/mol. The highest BCUT2D eigenvalue weighted by Gasteiger charge is 2.38. The second kappa shape index (κ2) is 12.8. The quantitative estimate of drug-likeness (QED) is 0.163. The van der Waals surface area contributed by atoms with E-state index in [1.165, 1.54) is 66.0 Å². The van der Waals surface area contributed by atoms with Gasteiger partial charge in [-0.25, -0.2) is 0 Å². The van der Waals surface area contributed by atoms with Crippen molar-refractivity contribution >= 4 is 71.3 Å². The molecule has 10 aromatic carbocycles. The number of para-hydroxylation sites is 1. The van der Waals surface area contributed by atoms with E-state index in [2.05, 4.69) is 219 Å². The first kappa shape index (κ1) is 33.7. The summed E-state index contributed by atoms with van der Waals surface area (Å²) in [5.74, 6) is 0. The van der Waals surface area contributed by atoms with Crippen LogP contribution in [0.1, 0.15) is 25.0 Å². The molecule has 0 fully saturated rings. The van der Waals surface area contributed by atoms with Crippen molar-refractivity contribution in [1.29, 1.82) is 0 Å². The van der Waals surface area contributed by atoms with Crippen molar-refractivity contribution in [2.45, 2.75) is 19.3 Å². The predicted octanol–water partition coefficient (Wildman–Crippen LogP) is 16.2. The maximum atomic E-state index is 6.56. The van der Waals surface area contributed by atoms with Crippen molar-refractivity contribution in [3.05, 3.63) is 211 Å². The van der Waals surface area contributed by atoms with Gasteiger partial charge in [0, 0.05) is 38.4 Å². The van der Waals surface area contributed by atoms with Crippen LogP contribution in [0, 0.1) is 0 Å². The van der Waals surface area contributed by atoms with Gasteiger partial charge in [-0.3, -0.25) is 0 Å². The maximum Gasteiger partial charge on any atom is 0.143 e. The number of anilines is 3. The van der Waals surface area contributed by atoms with Gasteiger partial charge in [0.2, 0.25) is 0 Å². The van der Waals surface area contributed by atoms with Gasteiger partial charge >= 0.3 is 0 Å². The van der Waals surface area contributed by atoms with Gasteiger partial charge in [0.15, 0.2) is 0 Å². The highest BCUT2D eigenvalue weighted by atomic mass is 16.3. The maximum absolute atomic E-state index is 6.56. The number of benzene rings is 10. The summed E-state index contributed by atoms with van der Waals surface area (Å²) in [5, 5.41) is 9.65. The molecule has 12 rings (SSSR count). The van der Waals surface area contributed by atoms with Crippen LogP contribution < -0.4 is 4.90 Å². The zero-order valence-electron chi connectivity index (χ0n) is 32.9. The fourth-order valence-electron chi connectivity index (χ4n) is 9.91. The summed E-state index contributed by atoms with van der Waals surface area (Å²) in [6.45, 7) is 4.71. The first-order valence-electron chi connectivity index (χ1n) is 20.5. The van der Waals surface area contributed by atoms with E-state index in [1.807, 2.05) is 0 Å². The van der Waals surface area contributed by atoms with Gasteiger partial charge in [0.25, 0.3) is 0 Å². The monoisotopic (exact) mass is 753 g/mol. The molecule has 0 radical (unpaired) electrons. The Kier molecular flexibility index (Phi) is 7.31. The Morgan fingerprint density at radius 1 is 0.390 bits per heavy atom. The van der Waals surface area contributed by atoms with Crippen LogP contribution in [0.5, 0.6) is 0 Å². The summed E-state index contributed by atoms with van der Waals surface area (Å²) in [5.41, 5.74) is 15.1. The van der Waals surface area contributed by atoms with Crippen molar-refractivity contribution in [3.8, 4) is 33.4 Å². The third kappa shape index (κ3) is 5.13. The molecule has 0 bridgehead atoms. The van der Waals surface area contributed by atoms with Crippen molar-refractivity contribution in [1.82, 2.24) is 0 Å². The molecule has 1 aliphatic carbocycles. The van der Waals surface area contributed by atoms with Crippen LogP contribution in [-0.4, -0.2) is 0 Å². The average Bonchev–Trinajstić information content (AvgIpc) is 3.78. The lowest BCUT2D eigenvalue weighted by Gasteiger charge is -2.30. The molecule has 0 unspecified atom stereocenters. The molecule has 0 saturated carbocycles. The van der Waals surface area contributed by atoms with E-state index in [9.17, 15) is 0 Å². The van der Waals surface area contributed by atoms with Gasteiger partial charge in [-0.1, -0.05) is 166 Å². The Labute approximate surface area is 343 Å². The van der Waals surface area contributed by atoms with E-state index in [0.29, 0.717) is 0 Å². The highest BCUT2D eigenvalue weighted by Crippen LogP contribution is 2.55. The Bertz CT molecular complexity index is 3480. The number of furan rings is 1. The minimum Gasteiger partial charge on any atom is -0.455 e. The third-order valence-corrected chi connectivity index (χ3v) is 12.8. The molecule has 2 nitrogen and oxygen atoms in total. The van der Waals surface area contributed by atoms with Crippen molar-refractivity contribution in [3.63, 3.8) is 0 Å². The fourth-order valence-corrected chi connectivity index (χ4v) is 9.91. The molecule has 59 heavy (non-hydrogen) atoms. The summed E-state index contributed by atoms with van der Waals surface area (Å²) in [6, 6.07) is 73.3. The molecular formula is C57H39NO. The average molecular weight is 754 g/mol. The third-order valence-electron chi connectivity index (χ3n) is 12.8. The van der Waals surface area contributed by atoms with Gasteiger partial charge in [0.1, 0.15) is 11.2 Å². The van der Waals surface area contributed by atoms with Crippen LogP contribution >= 0.6 is 0 Å². The first-order valence-corrected chi connectivity index (χ1v) is 20.5. The Morgan fingerprint density at radius 3 is 1.86 bits per heavy atom. The second-order valence-corrected chi connectivity index (χ2v) is 16.5. The molecule has 0 atom stereocenters. The van der Waals surface area contributed by atoms with Crippen LogP contribution in [-0.2, 0) is 5.41 Å². The van der Waals surface area contributed by atoms with Gasteiger partial charge in [-0.2, -0.15) is 0 Å². The standard InChI is InChI=1S/C57H39NO/c1-57(2)50-18-9-7-17-48(50)55-51(57)19-11-21-53(55)58(42-29-24-36(25-30-42)39-27-31-44-40(34-39)23-22-37-12-3-5-14-43(37)44)52-20-10-8-15-45(52)41-28-33-54-49(35-41)47-32-26-38-13-4-6-16-46(38)56(47)59-54/h3-35H,1-2H3. The molecule has 278 valence electrons. The topological polar surface area (TPSA) is 16.4 Å². The molecule has 0 N–H and O–H groups in total. The summed E-state index contributed by atoms with van der Waals surface area (Å²) < 4.78 is 6.56. The molecule has 0 saturated heterocycles. The van der Waals surface area contributed by atoms with Gasteiger partial charge in [-0.15, -0.1) is 0 Å². The SMILES string of the molecule is CC1(C)c2ccccc2-c2c(N(c3ccc(-c4ccc5c(ccc6ccccc65)c4)cc3)c3ccccc3-c3ccc4oc5c6ccccc6ccc5c4c3)cccc21. The summed E-state index contributed by atoms with van der Waals surface area (Å²) in [6.07, 6.45) is 0. The lowest BCUT2D eigenvalue weighted by Crippen LogP contribution is -2.16. The molecule has 2 heteroatoms. The molecule has 1 aliphatic rings. The van der Waals surface area contributed by atoms with Crippen molar-refractivity contribution < 1.29 is 4.42 Å². The van der Waals surface area contributed by atoms with Crippen LogP contribution in [0.15, 0.2) is 205 Å². The van der Waals surface area contributed by atoms with E-state index in [1.54, 1.807) is 0 Å². The van der Waals surface area contributed by atoms with Crippen LogP contribution in [0.25, 0.3) is 87.6 Å². The molecule has 1 aromatic heterocycles. The normalized spacial score (nSPS) is 13.1. The minimum atomic E-state index is -0.129. The fraction of sp³-hybridized carbons (Fsp3) is 0.0526. The summed E-state index contributed by atoms with van der Waals surface area (Å²) in [7, 11) is 0. The Morgan fingerprint density at radius 2 is 1.00 bits per heavy atom. The van der Waals surface area contributed by atoms with E-state index in [4.69, 9.17) is 4.42 Å². The number of rotatable bonds is 5. The molecule has 0 aliphatic heterocycles. The lowest BCUT2D eigenvalue weighted by atomic mass is 9.82. The van der Waals surface area contributed by atoms with E-state index in [-0.39, 0.29) is 5.41 Å². The smallest absolute Gasteiger partial charge is 0.143 e. The summed E-state index contributed by atoms with van der Waals surface area (Å²) >= 11 is 0. The van der Waals surface area contributed by atoms with E-state index >= 15 is 0 Å². The first-order chi connectivity index (χ1) is 29.0. The largest absolute Gasteiger partial charge is 0.455 e. The molecule has 0 spiro atoms. The van der Waals surface area contributed by atoms with Crippen LogP contribution in [0.2, 0.25) is 0 Å². The second-order valence-electron chi connectivity index (χ2n) is 16.5. The number of hydrogen-bond acceptors (Lipinski definition) is 2. The number of fused-ring (bicyclic) bond motifs is 11. The molecule has 1 heterocycles. The van der Waals surface area contributed by atoms with Gasteiger partial charge in [-0.05, 0) is 109 Å². The summed E-state index contributed by atoms with van der Waals surface area (Å²) in [4.78, 5) is 2.48. The van der Waals surface area contributed by atoms with Gasteiger partial charge < -0.3 is 9.32 Å². The van der Waals surface area contributed by atoms with Crippen molar-refractivity contribution in [2.75, 3.05) is 4.90 Å². The number of nitrogens with zero attached hydrogens (tertiary/aromatic N) is 1. The zero-order valence-corrected chi connectivity index (χ0v) is 32.9.